The average molecular weight is 393 g/mol. The Hall–Kier alpha value is -2.63. The second-order valence-corrected chi connectivity index (χ2v) is 7.99. The highest BCUT2D eigenvalue weighted by Gasteiger charge is 2.19. The number of aromatic nitrogens is 1. The van der Waals surface area contributed by atoms with Gasteiger partial charge in [0.15, 0.2) is 5.58 Å². The van der Waals surface area contributed by atoms with Gasteiger partial charge in [-0.2, -0.15) is 0 Å². The summed E-state index contributed by atoms with van der Waals surface area (Å²) >= 11 is 1.81. The molecule has 2 heterocycles. The number of nitrogens with zero attached hydrogens (tertiary/aromatic N) is 2. The van der Waals surface area contributed by atoms with Gasteiger partial charge in [-0.25, -0.2) is 4.98 Å². The van der Waals surface area contributed by atoms with Crippen LogP contribution in [0, 0.1) is 0 Å². The van der Waals surface area contributed by atoms with Crippen LogP contribution in [0.1, 0.15) is 23.3 Å². The molecule has 0 unspecified atom stereocenters. The quantitative estimate of drug-likeness (QED) is 0.395. The monoisotopic (exact) mass is 392 g/mol. The van der Waals surface area contributed by atoms with Gasteiger partial charge in [0.05, 0.1) is 13.7 Å². The van der Waals surface area contributed by atoms with Crippen molar-refractivity contribution in [3.63, 3.8) is 0 Å². The molecule has 4 aromatic rings. The summed E-state index contributed by atoms with van der Waals surface area (Å²) in [5.74, 6) is 1.63. The molecule has 0 radical (unpaired) electrons. The molecule has 4 nitrogen and oxygen atoms in total. The van der Waals surface area contributed by atoms with E-state index in [9.17, 15) is 0 Å². The molecule has 2 aromatic heterocycles. The number of hydrogen-bond acceptors (Lipinski definition) is 5. The van der Waals surface area contributed by atoms with Gasteiger partial charge in [0.1, 0.15) is 11.3 Å². The zero-order valence-corrected chi connectivity index (χ0v) is 17.0. The third-order valence-corrected chi connectivity index (χ3v) is 5.82. The van der Waals surface area contributed by atoms with Crippen molar-refractivity contribution < 1.29 is 9.15 Å². The molecule has 5 heteroatoms. The fourth-order valence-electron chi connectivity index (χ4n) is 3.34. The number of rotatable bonds is 8. The number of hydrogen-bond donors (Lipinski definition) is 0. The van der Waals surface area contributed by atoms with Crippen LogP contribution in [0.2, 0.25) is 0 Å². The smallest absolute Gasteiger partial charge is 0.209 e. The number of oxazole rings is 1. The standard InChI is InChI=1S/C23H24N2O2S/c1-17(14-20-6-5-13-28-20)25(15-18-9-11-19(26-2)12-10-18)16-23-24-21-7-3-4-8-22(21)27-23/h3-13,17H,14-16H2,1-2H3/t17-/m1/s1. The van der Waals surface area contributed by atoms with Gasteiger partial charge in [-0.15, -0.1) is 11.3 Å². The van der Waals surface area contributed by atoms with Gasteiger partial charge >= 0.3 is 0 Å². The Morgan fingerprint density at radius 3 is 2.57 bits per heavy atom. The fraction of sp³-hybridized carbons (Fsp3) is 0.261. The Kier molecular flexibility index (Phi) is 5.74. The Balaban J connectivity index is 1.55. The lowest BCUT2D eigenvalue weighted by molar-refractivity contribution is 0.173. The first kappa shape index (κ1) is 18.7. The van der Waals surface area contributed by atoms with Crippen LogP contribution < -0.4 is 4.74 Å². The first-order chi connectivity index (χ1) is 13.7. The van der Waals surface area contributed by atoms with E-state index in [0.29, 0.717) is 12.6 Å². The summed E-state index contributed by atoms with van der Waals surface area (Å²) < 4.78 is 11.3. The Morgan fingerprint density at radius 2 is 1.86 bits per heavy atom. The molecule has 0 aliphatic rings. The van der Waals surface area contributed by atoms with E-state index in [-0.39, 0.29) is 0 Å². The maximum atomic E-state index is 5.99. The van der Waals surface area contributed by atoms with E-state index in [1.807, 2.05) is 47.7 Å². The van der Waals surface area contributed by atoms with Crippen LogP contribution in [0.15, 0.2) is 70.5 Å². The van der Waals surface area contributed by atoms with Crippen LogP contribution in [-0.2, 0) is 19.5 Å². The van der Waals surface area contributed by atoms with Crippen LogP contribution in [-0.4, -0.2) is 23.0 Å². The molecule has 0 bridgehead atoms. The normalized spacial score (nSPS) is 12.5. The van der Waals surface area contributed by atoms with Crippen LogP contribution in [0.25, 0.3) is 11.1 Å². The van der Waals surface area contributed by atoms with Crippen LogP contribution in [0.4, 0.5) is 0 Å². The molecule has 1 atom stereocenters. The minimum Gasteiger partial charge on any atom is -0.497 e. The number of ether oxygens (including phenoxy) is 1. The number of para-hydroxylation sites is 2. The van der Waals surface area contributed by atoms with Crippen molar-refractivity contribution in [3.8, 4) is 5.75 Å². The van der Waals surface area contributed by atoms with Gasteiger partial charge in [-0.3, -0.25) is 4.90 Å². The molecule has 0 saturated heterocycles. The molecule has 0 amide bonds. The zero-order chi connectivity index (χ0) is 19.3. The van der Waals surface area contributed by atoms with E-state index in [4.69, 9.17) is 9.15 Å². The Bertz CT molecular complexity index is 976. The summed E-state index contributed by atoms with van der Waals surface area (Å²) in [7, 11) is 1.69. The van der Waals surface area contributed by atoms with E-state index in [1.54, 1.807) is 7.11 Å². The van der Waals surface area contributed by atoms with Gasteiger partial charge in [0.25, 0.3) is 0 Å². The van der Waals surface area contributed by atoms with Crippen LogP contribution >= 0.6 is 11.3 Å². The second-order valence-electron chi connectivity index (χ2n) is 6.96. The maximum absolute atomic E-state index is 5.99. The van der Waals surface area contributed by atoms with Crippen molar-refractivity contribution in [1.29, 1.82) is 0 Å². The Labute approximate surface area is 169 Å². The zero-order valence-electron chi connectivity index (χ0n) is 16.2. The number of benzene rings is 2. The molecule has 2 aromatic carbocycles. The Morgan fingerprint density at radius 1 is 1.04 bits per heavy atom. The fourth-order valence-corrected chi connectivity index (χ4v) is 4.17. The summed E-state index contributed by atoms with van der Waals surface area (Å²) in [5, 5.41) is 2.14. The first-order valence-electron chi connectivity index (χ1n) is 9.45. The average Bonchev–Trinajstić information content (AvgIpc) is 3.37. The molecule has 0 spiro atoms. The van der Waals surface area contributed by atoms with Gasteiger partial charge in [-0.1, -0.05) is 30.3 Å². The molecule has 0 aliphatic carbocycles. The summed E-state index contributed by atoms with van der Waals surface area (Å²) in [6, 6.07) is 20.9. The van der Waals surface area contributed by atoms with Crippen molar-refractivity contribution in [2.75, 3.05) is 7.11 Å². The minimum atomic E-state index is 0.357. The lowest BCUT2D eigenvalue weighted by Crippen LogP contribution is -2.33. The third kappa shape index (κ3) is 4.43. The largest absolute Gasteiger partial charge is 0.497 e. The minimum absolute atomic E-state index is 0.357. The lowest BCUT2D eigenvalue weighted by atomic mass is 10.1. The number of thiophene rings is 1. The summed E-state index contributed by atoms with van der Waals surface area (Å²) in [6.45, 7) is 3.77. The molecule has 0 fully saturated rings. The third-order valence-electron chi connectivity index (χ3n) is 4.92. The summed E-state index contributed by atoms with van der Waals surface area (Å²) in [4.78, 5) is 8.49. The molecule has 144 valence electrons. The van der Waals surface area contributed by atoms with Crippen molar-refractivity contribution >= 4 is 22.4 Å². The van der Waals surface area contributed by atoms with E-state index >= 15 is 0 Å². The SMILES string of the molecule is COc1ccc(CN(Cc2nc3ccccc3o2)[C@H](C)Cc2cccs2)cc1. The van der Waals surface area contributed by atoms with Gasteiger partial charge < -0.3 is 9.15 Å². The maximum Gasteiger partial charge on any atom is 0.209 e. The summed E-state index contributed by atoms with van der Waals surface area (Å²) in [6.07, 6.45) is 1.01. The molecular weight excluding hydrogens is 368 g/mol. The van der Waals surface area contributed by atoms with Crippen LogP contribution in [0.3, 0.4) is 0 Å². The van der Waals surface area contributed by atoms with E-state index in [2.05, 4.69) is 46.5 Å². The van der Waals surface area contributed by atoms with E-state index in [1.165, 1.54) is 10.4 Å². The molecule has 28 heavy (non-hydrogen) atoms. The van der Waals surface area contributed by atoms with Crippen molar-refractivity contribution in [2.24, 2.45) is 0 Å². The van der Waals surface area contributed by atoms with Gasteiger partial charge in [-0.05, 0) is 54.6 Å². The first-order valence-corrected chi connectivity index (χ1v) is 10.3. The van der Waals surface area contributed by atoms with E-state index in [0.717, 1.165) is 35.7 Å². The predicted molar refractivity (Wildman–Crippen MR) is 114 cm³/mol. The molecule has 0 aliphatic heterocycles. The van der Waals surface area contributed by atoms with Crippen molar-refractivity contribution in [3.05, 3.63) is 82.4 Å². The molecule has 4 rings (SSSR count). The molecular formula is C23H24N2O2S. The summed E-state index contributed by atoms with van der Waals surface area (Å²) in [5.41, 5.74) is 3.00. The highest BCUT2D eigenvalue weighted by molar-refractivity contribution is 7.09. The molecule has 0 saturated carbocycles. The number of methoxy groups -OCH3 is 1. The highest BCUT2D eigenvalue weighted by atomic mass is 32.1. The lowest BCUT2D eigenvalue weighted by Gasteiger charge is -2.28. The van der Waals surface area contributed by atoms with Crippen molar-refractivity contribution in [1.82, 2.24) is 9.88 Å². The topological polar surface area (TPSA) is 38.5 Å². The van der Waals surface area contributed by atoms with Crippen LogP contribution in [0.5, 0.6) is 5.75 Å². The molecule has 0 N–H and O–H groups in total. The number of fused-ring (bicyclic) bond motifs is 1. The van der Waals surface area contributed by atoms with E-state index < -0.39 is 0 Å². The van der Waals surface area contributed by atoms with Gasteiger partial charge in [0.2, 0.25) is 5.89 Å². The predicted octanol–water partition coefficient (Wildman–Crippen LogP) is 5.53. The second kappa shape index (κ2) is 8.59. The van der Waals surface area contributed by atoms with Gasteiger partial charge in [0, 0.05) is 17.5 Å². The van der Waals surface area contributed by atoms with Crippen molar-refractivity contribution in [2.45, 2.75) is 32.5 Å². The highest BCUT2D eigenvalue weighted by Crippen LogP contribution is 2.22.